The van der Waals surface area contributed by atoms with E-state index in [1.54, 1.807) is 29.4 Å². The van der Waals surface area contributed by atoms with E-state index >= 15 is 0 Å². The van der Waals surface area contributed by atoms with Crippen molar-refractivity contribution in [3.8, 4) is 0 Å². The van der Waals surface area contributed by atoms with Gasteiger partial charge in [0.15, 0.2) is 5.13 Å². The van der Waals surface area contributed by atoms with Gasteiger partial charge in [-0.25, -0.2) is 9.37 Å². The molecule has 0 radical (unpaired) electrons. The summed E-state index contributed by atoms with van der Waals surface area (Å²) in [6.07, 6.45) is 1.75. The molecule has 0 bridgehead atoms. The maximum atomic E-state index is 13.2. The van der Waals surface area contributed by atoms with Crippen molar-refractivity contribution in [1.29, 1.82) is 0 Å². The molecule has 0 aliphatic carbocycles. The Morgan fingerprint density at radius 1 is 1.11 bits per heavy atom. The van der Waals surface area contributed by atoms with E-state index in [4.69, 9.17) is 9.40 Å². The van der Waals surface area contributed by atoms with Crippen molar-refractivity contribution in [2.24, 2.45) is 0 Å². The Hall–Kier alpha value is -2.99. The van der Waals surface area contributed by atoms with Gasteiger partial charge < -0.3 is 4.42 Å². The molecule has 4 aromatic rings. The van der Waals surface area contributed by atoms with E-state index in [-0.39, 0.29) is 18.1 Å². The Bertz CT molecular complexity index is 1080. The molecule has 1 amide bonds. The fourth-order valence-electron chi connectivity index (χ4n) is 3.06. The van der Waals surface area contributed by atoms with Gasteiger partial charge in [0.1, 0.15) is 11.6 Å². The van der Waals surface area contributed by atoms with E-state index in [1.165, 1.54) is 23.5 Å². The lowest BCUT2D eigenvalue weighted by molar-refractivity contribution is -0.118. The summed E-state index contributed by atoms with van der Waals surface area (Å²) in [5.74, 6) is 0.248. The zero-order valence-electron chi connectivity index (χ0n) is 15.6. The lowest BCUT2D eigenvalue weighted by Crippen LogP contribution is -2.31. The number of rotatable bonds is 5. The zero-order chi connectivity index (χ0) is 19.7. The van der Waals surface area contributed by atoms with E-state index < -0.39 is 0 Å². The van der Waals surface area contributed by atoms with Crippen molar-refractivity contribution in [3.63, 3.8) is 0 Å². The molecule has 0 saturated carbocycles. The third-order valence-corrected chi connectivity index (χ3v) is 5.84. The van der Waals surface area contributed by atoms with Crippen molar-refractivity contribution < 1.29 is 13.6 Å². The highest BCUT2D eigenvalue weighted by Gasteiger charge is 2.22. The quantitative estimate of drug-likeness (QED) is 0.454. The molecule has 0 spiro atoms. The van der Waals surface area contributed by atoms with Crippen LogP contribution in [-0.4, -0.2) is 10.9 Å². The van der Waals surface area contributed by atoms with Gasteiger partial charge in [0.25, 0.3) is 0 Å². The van der Waals surface area contributed by atoms with Crippen molar-refractivity contribution in [2.75, 3.05) is 4.90 Å². The minimum absolute atomic E-state index is 0.114. The number of anilines is 1. The van der Waals surface area contributed by atoms with Gasteiger partial charge in [-0.3, -0.25) is 9.69 Å². The van der Waals surface area contributed by atoms with Crippen LogP contribution in [0.15, 0.2) is 59.2 Å². The van der Waals surface area contributed by atoms with Crippen LogP contribution in [0.4, 0.5) is 9.52 Å². The molecule has 4 nitrogen and oxygen atoms in total. The number of thiazole rings is 1. The van der Waals surface area contributed by atoms with Crippen molar-refractivity contribution in [2.45, 2.75) is 26.8 Å². The number of halogens is 1. The zero-order valence-corrected chi connectivity index (χ0v) is 16.4. The highest BCUT2D eigenvalue weighted by Crippen LogP contribution is 2.34. The van der Waals surface area contributed by atoms with Gasteiger partial charge in [-0.15, -0.1) is 0 Å². The molecule has 28 heavy (non-hydrogen) atoms. The first kappa shape index (κ1) is 18.4. The standard InChI is InChI=1S/C22H19FN2O2S/c1-14-5-6-15(2)21-20(14)24-22(28-21)25(13-18-4-3-11-27-18)19(26)12-16-7-9-17(23)10-8-16/h3-11H,12-13H2,1-2H3. The number of aryl methyl sites for hydroxylation is 2. The van der Waals surface area contributed by atoms with Crippen LogP contribution in [0.3, 0.4) is 0 Å². The molecular weight excluding hydrogens is 375 g/mol. The first-order valence-corrected chi connectivity index (χ1v) is 9.77. The third kappa shape index (κ3) is 3.68. The molecule has 142 valence electrons. The summed E-state index contributed by atoms with van der Waals surface area (Å²) in [6, 6.07) is 13.7. The van der Waals surface area contributed by atoms with Gasteiger partial charge in [0.2, 0.25) is 5.91 Å². The number of benzene rings is 2. The fraction of sp³-hybridized carbons (Fsp3) is 0.182. The first-order valence-electron chi connectivity index (χ1n) is 8.95. The average Bonchev–Trinajstić information content (AvgIpc) is 3.35. The largest absolute Gasteiger partial charge is 0.467 e. The normalized spacial score (nSPS) is 11.1. The van der Waals surface area contributed by atoms with Crippen LogP contribution in [0.25, 0.3) is 10.2 Å². The molecule has 6 heteroatoms. The Labute approximate surface area is 166 Å². The van der Waals surface area contributed by atoms with Crippen LogP contribution in [0.2, 0.25) is 0 Å². The third-order valence-electron chi connectivity index (χ3n) is 4.63. The predicted octanol–water partition coefficient (Wildman–Crippen LogP) is 5.42. The number of amides is 1. The second kappa shape index (κ2) is 7.56. The summed E-state index contributed by atoms with van der Waals surface area (Å²) in [5, 5.41) is 0.635. The monoisotopic (exact) mass is 394 g/mol. The van der Waals surface area contributed by atoms with Gasteiger partial charge >= 0.3 is 0 Å². The lowest BCUT2D eigenvalue weighted by Gasteiger charge is -2.18. The number of hydrogen-bond acceptors (Lipinski definition) is 4. The van der Waals surface area contributed by atoms with Crippen LogP contribution >= 0.6 is 11.3 Å². The molecule has 0 saturated heterocycles. The second-order valence-electron chi connectivity index (χ2n) is 6.74. The van der Waals surface area contributed by atoms with E-state index in [9.17, 15) is 9.18 Å². The molecule has 0 fully saturated rings. The number of nitrogens with zero attached hydrogens (tertiary/aromatic N) is 2. The smallest absolute Gasteiger partial charge is 0.233 e. The van der Waals surface area contributed by atoms with Crippen molar-refractivity contribution in [1.82, 2.24) is 4.98 Å². The minimum Gasteiger partial charge on any atom is -0.467 e. The highest BCUT2D eigenvalue weighted by molar-refractivity contribution is 7.22. The van der Waals surface area contributed by atoms with E-state index in [0.29, 0.717) is 17.4 Å². The summed E-state index contributed by atoms with van der Waals surface area (Å²) in [5.41, 5.74) is 3.88. The number of hydrogen-bond donors (Lipinski definition) is 0. The van der Waals surface area contributed by atoms with Gasteiger partial charge in [0, 0.05) is 0 Å². The molecule has 0 N–H and O–H groups in total. The van der Waals surface area contributed by atoms with Gasteiger partial charge in [0.05, 0.1) is 29.4 Å². The molecule has 2 aromatic carbocycles. The van der Waals surface area contributed by atoms with Crippen LogP contribution in [0.1, 0.15) is 22.5 Å². The topological polar surface area (TPSA) is 46.3 Å². The van der Waals surface area contributed by atoms with Gasteiger partial charge in [-0.2, -0.15) is 0 Å². The number of carbonyl (C=O) groups excluding carboxylic acids is 1. The Morgan fingerprint density at radius 3 is 2.54 bits per heavy atom. The molecule has 2 heterocycles. The predicted molar refractivity (Wildman–Crippen MR) is 109 cm³/mol. The van der Waals surface area contributed by atoms with Crippen LogP contribution in [-0.2, 0) is 17.8 Å². The summed E-state index contributed by atoms with van der Waals surface area (Å²) in [6.45, 7) is 4.36. The number of aromatic nitrogens is 1. The van der Waals surface area contributed by atoms with Crippen molar-refractivity contribution >= 4 is 32.6 Å². The molecule has 0 aliphatic rings. The number of carbonyl (C=O) groups is 1. The molecule has 2 aromatic heterocycles. The molecule has 0 atom stereocenters. The van der Waals surface area contributed by atoms with E-state index in [2.05, 4.69) is 6.07 Å². The summed E-state index contributed by atoms with van der Waals surface area (Å²) < 4.78 is 19.7. The first-order chi connectivity index (χ1) is 13.5. The molecule has 4 rings (SSSR count). The highest BCUT2D eigenvalue weighted by atomic mass is 32.1. The number of furan rings is 1. The maximum Gasteiger partial charge on any atom is 0.233 e. The van der Waals surface area contributed by atoms with Gasteiger partial charge in [-0.1, -0.05) is 35.6 Å². The summed E-state index contributed by atoms with van der Waals surface area (Å²) in [4.78, 5) is 19.5. The molecule has 0 aliphatic heterocycles. The maximum absolute atomic E-state index is 13.2. The average molecular weight is 394 g/mol. The fourth-order valence-corrected chi connectivity index (χ4v) is 4.19. The second-order valence-corrected chi connectivity index (χ2v) is 7.71. The summed E-state index contributed by atoms with van der Waals surface area (Å²) in [7, 11) is 0. The lowest BCUT2D eigenvalue weighted by atomic mass is 10.1. The van der Waals surface area contributed by atoms with E-state index in [1.807, 2.05) is 26.0 Å². The SMILES string of the molecule is Cc1ccc(C)c2sc(N(Cc3ccco3)C(=O)Cc3ccc(F)cc3)nc12. The number of fused-ring (bicyclic) bond motifs is 1. The van der Waals surface area contributed by atoms with Gasteiger partial charge in [-0.05, 0) is 54.8 Å². The van der Waals surface area contributed by atoms with Crippen LogP contribution in [0, 0.1) is 19.7 Å². The van der Waals surface area contributed by atoms with E-state index in [0.717, 1.165) is 26.9 Å². The molecular formula is C22H19FN2O2S. The Balaban J connectivity index is 1.71. The van der Waals surface area contributed by atoms with Crippen LogP contribution in [0.5, 0.6) is 0 Å². The minimum atomic E-state index is -0.319. The van der Waals surface area contributed by atoms with Crippen molar-refractivity contribution in [3.05, 3.63) is 83.1 Å². The Morgan fingerprint density at radius 2 is 1.86 bits per heavy atom. The van der Waals surface area contributed by atoms with Crippen LogP contribution < -0.4 is 4.90 Å². The Kier molecular flexibility index (Phi) is 4.96. The molecule has 0 unspecified atom stereocenters. The summed E-state index contributed by atoms with van der Waals surface area (Å²) >= 11 is 1.50.